The van der Waals surface area contributed by atoms with Crippen LogP contribution in [0.5, 0.6) is 0 Å². The van der Waals surface area contributed by atoms with E-state index in [9.17, 15) is 39.8 Å². The lowest BCUT2D eigenvalue weighted by atomic mass is 9.85. The molecule has 6 N–H and O–H groups in total. The number of hydrogen-bond donors (Lipinski definition) is 6. The summed E-state index contributed by atoms with van der Waals surface area (Å²) in [6.45, 7) is 3.90. The van der Waals surface area contributed by atoms with Gasteiger partial charge in [-0.3, -0.25) is 13.8 Å². The van der Waals surface area contributed by atoms with Crippen molar-refractivity contribution in [3.8, 4) is 0 Å². The third-order valence-electron chi connectivity index (χ3n) is 8.59. The van der Waals surface area contributed by atoms with Crippen molar-refractivity contribution in [3.63, 3.8) is 0 Å². The van der Waals surface area contributed by atoms with Gasteiger partial charge >= 0.3 is 13.8 Å². The second kappa shape index (κ2) is 31.9. The van der Waals surface area contributed by atoms with Gasteiger partial charge in [0.1, 0.15) is 42.7 Å². The maximum absolute atomic E-state index is 12.7. The van der Waals surface area contributed by atoms with E-state index in [1.165, 1.54) is 6.42 Å². The Kier molecular flexibility index (Phi) is 29.4. The van der Waals surface area contributed by atoms with Gasteiger partial charge in [-0.15, -0.1) is 0 Å². The molecule has 0 bridgehead atoms. The van der Waals surface area contributed by atoms with Crippen molar-refractivity contribution in [2.75, 3.05) is 19.8 Å². The van der Waals surface area contributed by atoms with Crippen LogP contribution >= 0.6 is 7.82 Å². The minimum absolute atomic E-state index is 0.120. The Morgan fingerprint density at radius 2 is 1.07 bits per heavy atom. The first-order chi connectivity index (χ1) is 26.0. The van der Waals surface area contributed by atoms with Gasteiger partial charge in [0.2, 0.25) is 0 Å². The number of aliphatic hydroxyl groups is 5. The van der Waals surface area contributed by atoms with E-state index in [0.717, 1.165) is 77.0 Å². The first-order valence-corrected chi connectivity index (χ1v) is 21.3. The minimum atomic E-state index is -5.02. The van der Waals surface area contributed by atoms with Gasteiger partial charge in [-0.1, -0.05) is 125 Å². The molecular formula is C41H69O12P. The normalized spacial score (nSPS) is 24.2. The number of unbranched alkanes of at least 4 members (excludes halogenated alkanes) is 7. The Balaban J connectivity index is 2.45. The van der Waals surface area contributed by atoms with Crippen LogP contribution in [0.1, 0.15) is 117 Å². The van der Waals surface area contributed by atoms with Gasteiger partial charge in [0.25, 0.3) is 0 Å². The zero-order valence-electron chi connectivity index (χ0n) is 32.5. The third kappa shape index (κ3) is 24.3. The maximum Gasteiger partial charge on any atom is 0.472 e. The van der Waals surface area contributed by atoms with Gasteiger partial charge in [-0.25, -0.2) is 4.57 Å². The molecule has 54 heavy (non-hydrogen) atoms. The van der Waals surface area contributed by atoms with Crippen LogP contribution in [-0.2, 0) is 27.9 Å². The molecule has 0 spiro atoms. The van der Waals surface area contributed by atoms with Crippen LogP contribution in [0.3, 0.4) is 0 Å². The fourth-order valence-electron chi connectivity index (χ4n) is 5.43. The van der Waals surface area contributed by atoms with Crippen molar-refractivity contribution in [1.82, 2.24) is 0 Å². The summed E-state index contributed by atoms with van der Waals surface area (Å²) < 4.78 is 33.8. The standard InChI is InChI=1S/C41H69O12P/c1-3-5-7-9-11-12-13-14-15-16-17-18-19-20-21-22-23-25-27-29-31-50-32-34(52-35(42)30-28-26-24-10-8-6-4-2)33-51-54(48,49)53-41-39(46)37(44)36(43)38(45)40(41)47/h5,7,11-12,14-15,17-18,20-21,23,25,34,36-41,43-47H,3-4,6,8-10,13,16,19,22,24,26-33H2,1-2H3,(H,48,49)/b7-5-,12-11-,15-14-,18-17-,21-20-,25-23-. The van der Waals surface area contributed by atoms with Crippen molar-refractivity contribution < 1.29 is 58.3 Å². The molecule has 0 aliphatic heterocycles. The summed E-state index contributed by atoms with van der Waals surface area (Å²) in [6.07, 6.45) is 27.4. The molecule has 12 nitrogen and oxygen atoms in total. The lowest BCUT2D eigenvalue weighted by molar-refractivity contribution is -0.220. The topological polar surface area (TPSA) is 192 Å². The highest BCUT2D eigenvalue weighted by atomic mass is 31.2. The van der Waals surface area contributed by atoms with Crippen LogP contribution in [-0.4, -0.2) is 98.9 Å². The Morgan fingerprint density at radius 1 is 0.611 bits per heavy atom. The molecule has 1 rings (SSSR count). The fraction of sp³-hybridized carbons (Fsp3) is 0.683. The summed E-state index contributed by atoms with van der Waals surface area (Å²) in [4.78, 5) is 22.9. The number of esters is 1. The van der Waals surface area contributed by atoms with Crippen LogP contribution in [0, 0.1) is 0 Å². The number of phosphoric ester groups is 1. The Morgan fingerprint density at radius 3 is 1.59 bits per heavy atom. The van der Waals surface area contributed by atoms with Crippen LogP contribution in [0.15, 0.2) is 72.9 Å². The largest absolute Gasteiger partial charge is 0.472 e. The highest BCUT2D eigenvalue weighted by molar-refractivity contribution is 7.47. The number of allylic oxidation sites excluding steroid dienone is 12. The van der Waals surface area contributed by atoms with E-state index < -0.39 is 63.1 Å². The minimum Gasteiger partial charge on any atom is -0.457 e. The molecule has 13 heteroatoms. The van der Waals surface area contributed by atoms with Gasteiger partial charge in [0.05, 0.1) is 13.2 Å². The van der Waals surface area contributed by atoms with E-state index in [1.807, 2.05) is 0 Å². The van der Waals surface area contributed by atoms with Crippen molar-refractivity contribution in [2.45, 2.75) is 159 Å². The van der Waals surface area contributed by atoms with E-state index in [1.54, 1.807) is 0 Å². The lowest BCUT2D eigenvalue weighted by Crippen LogP contribution is -2.64. The molecule has 1 aliphatic carbocycles. The van der Waals surface area contributed by atoms with Crippen molar-refractivity contribution in [2.24, 2.45) is 0 Å². The average Bonchev–Trinajstić information content (AvgIpc) is 3.15. The molecule has 0 saturated heterocycles. The Bertz CT molecular complexity index is 1170. The summed E-state index contributed by atoms with van der Waals surface area (Å²) in [6, 6.07) is 0. The summed E-state index contributed by atoms with van der Waals surface area (Å²) in [7, 11) is -5.02. The van der Waals surface area contributed by atoms with Crippen LogP contribution < -0.4 is 0 Å². The summed E-state index contributed by atoms with van der Waals surface area (Å²) in [5, 5.41) is 49.9. The van der Waals surface area contributed by atoms with Gasteiger partial charge in [-0.2, -0.15) is 0 Å². The quantitative estimate of drug-likeness (QED) is 0.0186. The molecule has 0 radical (unpaired) electrons. The van der Waals surface area contributed by atoms with Crippen molar-refractivity contribution in [3.05, 3.63) is 72.9 Å². The molecule has 6 unspecified atom stereocenters. The molecule has 0 amide bonds. The summed E-state index contributed by atoms with van der Waals surface area (Å²) >= 11 is 0. The molecule has 0 aromatic heterocycles. The number of carbonyl (C=O) groups is 1. The van der Waals surface area contributed by atoms with Gasteiger partial charge < -0.3 is 39.9 Å². The lowest BCUT2D eigenvalue weighted by Gasteiger charge is -2.41. The predicted octanol–water partition coefficient (Wildman–Crippen LogP) is 6.85. The number of phosphoric acid groups is 1. The number of ether oxygens (including phenoxy) is 2. The number of hydrogen-bond acceptors (Lipinski definition) is 11. The zero-order valence-corrected chi connectivity index (χ0v) is 33.4. The van der Waals surface area contributed by atoms with Crippen LogP contribution in [0.4, 0.5) is 0 Å². The number of aliphatic hydroxyl groups excluding tert-OH is 5. The Hall–Kier alpha value is -2.22. The molecule has 1 fully saturated rings. The Labute approximate surface area is 323 Å². The molecule has 1 saturated carbocycles. The predicted molar refractivity (Wildman–Crippen MR) is 211 cm³/mol. The molecule has 0 aromatic rings. The second-order valence-corrected chi connectivity index (χ2v) is 14.8. The zero-order chi connectivity index (χ0) is 39.9. The number of carbonyl (C=O) groups excluding carboxylic acids is 1. The first kappa shape index (κ1) is 49.8. The molecular weight excluding hydrogens is 715 g/mol. The monoisotopic (exact) mass is 784 g/mol. The average molecular weight is 785 g/mol. The van der Waals surface area contributed by atoms with Crippen molar-refractivity contribution >= 4 is 13.8 Å². The van der Waals surface area contributed by atoms with E-state index >= 15 is 0 Å². The highest BCUT2D eigenvalue weighted by Crippen LogP contribution is 2.47. The smallest absolute Gasteiger partial charge is 0.457 e. The maximum atomic E-state index is 12.7. The molecule has 310 valence electrons. The SMILES string of the molecule is CC/C=C\C/C=C\C/C=C\C/C=C\C/C=C\C/C=C\CCCOCC(COP(=O)(O)OC1C(O)C(O)C(O)C(O)C1O)OC(=O)CCCCCCCCC. The summed E-state index contributed by atoms with van der Waals surface area (Å²) in [5.74, 6) is -0.509. The fourth-order valence-corrected chi connectivity index (χ4v) is 6.40. The third-order valence-corrected chi connectivity index (χ3v) is 9.58. The van der Waals surface area contributed by atoms with E-state index in [-0.39, 0.29) is 13.0 Å². The van der Waals surface area contributed by atoms with E-state index in [2.05, 4.69) is 86.8 Å². The number of rotatable bonds is 31. The van der Waals surface area contributed by atoms with Crippen LogP contribution in [0.2, 0.25) is 0 Å². The van der Waals surface area contributed by atoms with Gasteiger partial charge in [-0.05, 0) is 57.8 Å². The van der Waals surface area contributed by atoms with Gasteiger partial charge in [0, 0.05) is 13.0 Å². The second-order valence-electron chi connectivity index (χ2n) is 13.4. The highest BCUT2D eigenvalue weighted by Gasteiger charge is 2.51. The molecule has 6 atom stereocenters. The van der Waals surface area contributed by atoms with Crippen molar-refractivity contribution in [1.29, 1.82) is 0 Å². The molecule has 1 aliphatic rings. The first-order valence-electron chi connectivity index (χ1n) is 19.8. The molecule has 0 aromatic carbocycles. The van der Waals surface area contributed by atoms with E-state index in [0.29, 0.717) is 19.4 Å². The van der Waals surface area contributed by atoms with Gasteiger partial charge in [0.15, 0.2) is 0 Å². The van der Waals surface area contributed by atoms with Crippen LogP contribution in [0.25, 0.3) is 0 Å². The van der Waals surface area contributed by atoms with E-state index in [4.69, 9.17) is 18.5 Å². The summed E-state index contributed by atoms with van der Waals surface area (Å²) in [5.41, 5.74) is 0. The molecule has 0 heterocycles.